The quantitative estimate of drug-likeness (QED) is 0.631. The molecule has 0 nitrogen and oxygen atoms in total. The predicted molar refractivity (Wildman–Crippen MR) is 60.6 cm³/mol. The van der Waals surface area contributed by atoms with E-state index in [4.69, 9.17) is 0 Å². The van der Waals surface area contributed by atoms with E-state index in [2.05, 4.69) is 51.6 Å². The molecular formula is C13H16. The summed E-state index contributed by atoms with van der Waals surface area (Å²) in [7, 11) is 0. The van der Waals surface area contributed by atoms with Crippen LogP contribution in [-0.2, 0) is 0 Å². The molecule has 13 heavy (non-hydrogen) atoms. The molecule has 0 bridgehead atoms. The van der Waals surface area contributed by atoms with Crippen molar-refractivity contribution in [2.45, 2.75) is 20.8 Å². The topological polar surface area (TPSA) is 0 Å². The Morgan fingerprint density at radius 3 is 2.62 bits per heavy atom. The molecule has 1 rings (SSSR count). The smallest absolute Gasteiger partial charge is 0.0224 e. The Morgan fingerprint density at radius 2 is 2.08 bits per heavy atom. The summed E-state index contributed by atoms with van der Waals surface area (Å²) < 4.78 is 0. The maximum absolute atomic E-state index is 3.80. The van der Waals surface area contributed by atoms with Crippen LogP contribution in [-0.4, -0.2) is 0 Å². The first kappa shape index (κ1) is 9.79. The lowest BCUT2D eigenvalue weighted by Crippen LogP contribution is -1.84. The summed E-state index contributed by atoms with van der Waals surface area (Å²) in [6.45, 7) is 10.1. The van der Waals surface area contributed by atoms with Gasteiger partial charge in [0, 0.05) is 0 Å². The van der Waals surface area contributed by atoms with Crippen molar-refractivity contribution in [2.24, 2.45) is 0 Å². The molecule has 0 saturated heterocycles. The van der Waals surface area contributed by atoms with Crippen LogP contribution in [0.5, 0.6) is 0 Å². The lowest BCUT2D eigenvalue weighted by atomic mass is 10.0. The standard InChI is InChI=1S/C13H16/c1-5-10(3)13-8-7-11(4)12(6-2)9-13/h5-9H,2H2,1,3-4H3/b10-5+. The van der Waals surface area contributed by atoms with E-state index in [1.165, 1.54) is 22.3 Å². The second-order valence-corrected chi connectivity index (χ2v) is 3.25. The first-order chi connectivity index (χ1) is 6.19. The van der Waals surface area contributed by atoms with Crippen molar-refractivity contribution in [3.8, 4) is 0 Å². The van der Waals surface area contributed by atoms with Gasteiger partial charge in [-0.3, -0.25) is 0 Å². The summed E-state index contributed by atoms with van der Waals surface area (Å²) in [5.41, 5.74) is 5.09. The van der Waals surface area contributed by atoms with E-state index in [9.17, 15) is 0 Å². The van der Waals surface area contributed by atoms with Crippen molar-refractivity contribution in [2.75, 3.05) is 0 Å². The van der Waals surface area contributed by atoms with Crippen LogP contribution in [0.2, 0.25) is 0 Å². The Balaban J connectivity index is 3.21. The van der Waals surface area contributed by atoms with Gasteiger partial charge in [-0.2, -0.15) is 0 Å². The molecule has 0 unspecified atom stereocenters. The van der Waals surface area contributed by atoms with Crippen molar-refractivity contribution in [1.29, 1.82) is 0 Å². The van der Waals surface area contributed by atoms with Crippen molar-refractivity contribution in [3.63, 3.8) is 0 Å². The maximum atomic E-state index is 3.80. The van der Waals surface area contributed by atoms with E-state index in [1.54, 1.807) is 0 Å². The van der Waals surface area contributed by atoms with Crippen LogP contribution in [0.25, 0.3) is 11.6 Å². The predicted octanol–water partition coefficient (Wildman–Crippen LogP) is 4.06. The molecule has 1 aromatic rings. The molecule has 0 aliphatic carbocycles. The fourth-order valence-corrected chi connectivity index (χ4v) is 1.27. The summed E-state index contributed by atoms with van der Waals surface area (Å²) >= 11 is 0. The largest absolute Gasteiger partial charge is 0.0985 e. The monoisotopic (exact) mass is 172 g/mol. The molecule has 0 atom stereocenters. The third-order valence-electron chi connectivity index (χ3n) is 2.39. The van der Waals surface area contributed by atoms with Crippen LogP contribution in [0.3, 0.4) is 0 Å². The van der Waals surface area contributed by atoms with Gasteiger partial charge < -0.3 is 0 Å². The zero-order chi connectivity index (χ0) is 9.84. The van der Waals surface area contributed by atoms with Crippen molar-refractivity contribution in [1.82, 2.24) is 0 Å². The zero-order valence-corrected chi connectivity index (χ0v) is 8.59. The average molecular weight is 172 g/mol. The van der Waals surface area contributed by atoms with Crippen LogP contribution in [0.1, 0.15) is 30.5 Å². The third-order valence-corrected chi connectivity index (χ3v) is 2.39. The summed E-state index contributed by atoms with van der Waals surface area (Å²) in [6, 6.07) is 6.47. The Bertz CT molecular complexity index is 343. The van der Waals surface area contributed by atoms with Gasteiger partial charge in [-0.05, 0) is 49.1 Å². The van der Waals surface area contributed by atoms with E-state index < -0.39 is 0 Å². The first-order valence-corrected chi connectivity index (χ1v) is 4.55. The Kier molecular flexibility index (Phi) is 3.07. The number of allylic oxidation sites excluding steroid dienone is 2. The van der Waals surface area contributed by atoms with E-state index in [1.807, 2.05) is 6.08 Å². The summed E-state index contributed by atoms with van der Waals surface area (Å²) in [5, 5.41) is 0. The van der Waals surface area contributed by atoms with Gasteiger partial charge in [-0.25, -0.2) is 0 Å². The van der Waals surface area contributed by atoms with Crippen LogP contribution >= 0.6 is 0 Å². The zero-order valence-electron chi connectivity index (χ0n) is 8.59. The minimum atomic E-state index is 1.22. The number of rotatable bonds is 2. The average Bonchev–Trinajstić information content (AvgIpc) is 2.17. The third kappa shape index (κ3) is 2.09. The van der Waals surface area contributed by atoms with E-state index in [-0.39, 0.29) is 0 Å². The molecule has 0 aliphatic rings. The lowest BCUT2D eigenvalue weighted by Gasteiger charge is -2.05. The molecule has 0 saturated carbocycles. The van der Waals surface area contributed by atoms with Gasteiger partial charge in [0.25, 0.3) is 0 Å². The number of aryl methyl sites for hydroxylation is 1. The number of benzene rings is 1. The van der Waals surface area contributed by atoms with Crippen molar-refractivity contribution >= 4 is 11.6 Å². The molecule has 0 amide bonds. The molecule has 0 spiro atoms. The molecule has 0 aromatic heterocycles. The molecular weight excluding hydrogens is 156 g/mol. The maximum Gasteiger partial charge on any atom is -0.0224 e. The van der Waals surface area contributed by atoms with E-state index >= 15 is 0 Å². The van der Waals surface area contributed by atoms with Gasteiger partial charge in [0.05, 0.1) is 0 Å². The first-order valence-electron chi connectivity index (χ1n) is 4.55. The Hall–Kier alpha value is -1.30. The highest BCUT2D eigenvalue weighted by Crippen LogP contribution is 2.18. The fraction of sp³-hybridized carbons (Fsp3) is 0.231. The fourth-order valence-electron chi connectivity index (χ4n) is 1.27. The molecule has 0 heterocycles. The molecule has 0 heteroatoms. The highest BCUT2D eigenvalue weighted by atomic mass is 14.0. The van der Waals surface area contributed by atoms with Crippen LogP contribution < -0.4 is 0 Å². The van der Waals surface area contributed by atoms with Gasteiger partial charge in [-0.1, -0.05) is 30.9 Å². The van der Waals surface area contributed by atoms with E-state index in [0.29, 0.717) is 0 Å². The van der Waals surface area contributed by atoms with Gasteiger partial charge >= 0.3 is 0 Å². The molecule has 1 aromatic carbocycles. The van der Waals surface area contributed by atoms with Gasteiger partial charge in [0.2, 0.25) is 0 Å². The van der Waals surface area contributed by atoms with Crippen molar-refractivity contribution < 1.29 is 0 Å². The molecule has 0 N–H and O–H groups in total. The minimum Gasteiger partial charge on any atom is -0.0985 e. The molecule has 0 fully saturated rings. The lowest BCUT2D eigenvalue weighted by molar-refractivity contribution is 1.41. The second kappa shape index (κ2) is 4.08. The van der Waals surface area contributed by atoms with Crippen LogP contribution in [0.4, 0.5) is 0 Å². The number of hydrogen-bond acceptors (Lipinski definition) is 0. The van der Waals surface area contributed by atoms with Gasteiger partial charge in [0.15, 0.2) is 0 Å². The second-order valence-electron chi connectivity index (χ2n) is 3.25. The van der Waals surface area contributed by atoms with Crippen LogP contribution in [0.15, 0.2) is 30.9 Å². The van der Waals surface area contributed by atoms with Crippen LogP contribution in [0, 0.1) is 6.92 Å². The highest BCUT2D eigenvalue weighted by Gasteiger charge is 1.97. The molecule has 68 valence electrons. The minimum absolute atomic E-state index is 1.22. The SMILES string of the molecule is C=Cc1cc(/C(C)=C/C)ccc1C. The van der Waals surface area contributed by atoms with Gasteiger partial charge in [0.1, 0.15) is 0 Å². The van der Waals surface area contributed by atoms with Gasteiger partial charge in [-0.15, -0.1) is 0 Å². The number of hydrogen-bond donors (Lipinski definition) is 0. The van der Waals surface area contributed by atoms with Crippen molar-refractivity contribution in [3.05, 3.63) is 47.5 Å². The summed E-state index contributed by atoms with van der Waals surface area (Å²) in [6.07, 6.45) is 4.03. The molecule has 0 radical (unpaired) electrons. The Labute approximate surface area is 80.6 Å². The summed E-state index contributed by atoms with van der Waals surface area (Å²) in [4.78, 5) is 0. The Morgan fingerprint density at radius 1 is 1.38 bits per heavy atom. The van der Waals surface area contributed by atoms with E-state index in [0.717, 1.165) is 0 Å². The highest BCUT2D eigenvalue weighted by molar-refractivity contribution is 5.67. The summed E-state index contributed by atoms with van der Waals surface area (Å²) in [5.74, 6) is 0. The normalized spacial score (nSPS) is 11.5. The molecule has 0 aliphatic heterocycles.